The van der Waals surface area contributed by atoms with Crippen molar-refractivity contribution in [2.75, 3.05) is 26.2 Å². The van der Waals surface area contributed by atoms with Crippen molar-refractivity contribution < 1.29 is 0 Å². The van der Waals surface area contributed by atoms with Gasteiger partial charge < -0.3 is 0 Å². The highest BCUT2D eigenvalue weighted by molar-refractivity contribution is 6.20. The van der Waals surface area contributed by atoms with Crippen LogP contribution in [-0.2, 0) is 0 Å². The van der Waals surface area contributed by atoms with Crippen molar-refractivity contribution in [1.29, 1.82) is 0 Å². The number of hydrogen-bond donors (Lipinski definition) is 0. The van der Waals surface area contributed by atoms with E-state index in [1.807, 2.05) is 12.2 Å². The zero-order chi connectivity index (χ0) is 8.97. The van der Waals surface area contributed by atoms with E-state index >= 15 is 0 Å². The summed E-state index contributed by atoms with van der Waals surface area (Å²) < 4.78 is 0. The lowest BCUT2D eigenvalue weighted by Gasteiger charge is -2.22. The number of rotatable bonds is 4. The van der Waals surface area contributed by atoms with Gasteiger partial charge in [0.1, 0.15) is 5.62 Å². The van der Waals surface area contributed by atoms with E-state index < -0.39 is 0 Å². The first-order valence-electron chi connectivity index (χ1n) is 4.13. The Bertz CT molecular complexity index is 155. The monoisotopic (exact) mass is 222 g/mol. The molecule has 0 amide bonds. The van der Waals surface area contributed by atoms with Crippen LogP contribution in [-0.4, -0.2) is 41.6 Å². The maximum atomic E-state index is 6.16. The van der Waals surface area contributed by atoms with Gasteiger partial charge in [0, 0.05) is 26.2 Å². The van der Waals surface area contributed by atoms with Crippen LogP contribution in [0.15, 0.2) is 25.3 Å². The van der Waals surface area contributed by atoms with Crippen molar-refractivity contribution in [1.82, 2.24) is 9.80 Å². The molecule has 0 aromatic rings. The Labute approximate surface area is 91.2 Å². The standard InChI is InChI=1S/C9H15ClN2.ClH/c1-3-5-11-7-8-12(6-4-2)9(11)10;/h3-4,9H,1-2,5-8H2;1H. The molecule has 2 nitrogen and oxygen atoms in total. The summed E-state index contributed by atoms with van der Waals surface area (Å²) in [6.45, 7) is 11.2. The molecule has 1 aliphatic heterocycles. The predicted molar refractivity (Wildman–Crippen MR) is 60.4 cm³/mol. The number of hydrogen-bond acceptors (Lipinski definition) is 2. The lowest BCUT2D eigenvalue weighted by Crippen LogP contribution is -2.34. The van der Waals surface area contributed by atoms with Crippen LogP contribution in [0.25, 0.3) is 0 Å². The van der Waals surface area contributed by atoms with Gasteiger partial charge in [0.25, 0.3) is 0 Å². The van der Waals surface area contributed by atoms with Gasteiger partial charge in [-0.2, -0.15) is 0 Å². The van der Waals surface area contributed by atoms with E-state index in [0.29, 0.717) is 0 Å². The molecular weight excluding hydrogens is 207 g/mol. The van der Waals surface area contributed by atoms with Crippen LogP contribution >= 0.6 is 24.0 Å². The van der Waals surface area contributed by atoms with Crippen molar-refractivity contribution in [3.8, 4) is 0 Å². The lowest BCUT2D eigenvalue weighted by atomic mass is 10.5. The predicted octanol–water partition coefficient (Wildman–Crippen LogP) is 1.92. The summed E-state index contributed by atoms with van der Waals surface area (Å²) in [5.74, 6) is 0. The van der Waals surface area contributed by atoms with Gasteiger partial charge >= 0.3 is 0 Å². The SMILES string of the molecule is C=CCN1CCN(CC=C)C1Cl.Cl. The Morgan fingerprint density at radius 3 is 1.85 bits per heavy atom. The highest BCUT2D eigenvalue weighted by atomic mass is 35.5. The Morgan fingerprint density at radius 1 is 1.15 bits per heavy atom. The summed E-state index contributed by atoms with van der Waals surface area (Å²) in [4.78, 5) is 4.36. The minimum Gasteiger partial charge on any atom is -0.270 e. The van der Waals surface area contributed by atoms with E-state index in [9.17, 15) is 0 Å². The van der Waals surface area contributed by atoms with Crippen LogP contribution in [0, 0.1) is 0 Å². The molecule has 0 N–H and O–H groups in total. The molecule has 1 rings (SSSR count). The first-order valence-corrected chi connectivity index (χ1v) is 4.57. The van der Waals surface area contributed by atoms with Gasteiger partial charge in [-0.15, -0.1) is 25.6 Å². The molecule has 0 saturated carbocycles. The van der Waals surface area contributed by atoms with Crippen molar-refractivity contribution in [2.24, 2.45) is 0 Å². The Kier molecular flexibility index (Phi) is 6.43. The summed E-state index contributed by atoms with van der Waals surface area (Å²) in [6, 6.07) is 0. The second kappa shape index (κ2) is 6.44. The molecule has 13 heavy (non-hydrogen) atoms. The molecule has 0 bridgehead atoms. The average molecular weight is 223 g/mol. The van der Waals surface area contributed by atoms with Crippen LogP contribution in [0.4, 0.5) is 0 Å². The van der Waals surface area contributed by atoms with Gasteiger partial charge in [-0.1, -0.05) is 23.8 Å². The Hall–Kier alpha value is -0.0200. The maximum Gasteiger partial charge on any atom is 0.140 e. The van der Waals surface area contributed by atoms with Gasteiger partial charge in [-0.25, -0.2) is 0 Å². The summed E-state index contributed by atoms with van der Waals surface area (Å²) in [7, 11) is 0. The third-order valence-electron chi connectivity index (χ3n) is 2.00. The van der Waals surface area contributed by atoms with Gasteiger partial charge in [0.05, 0.1) is 0 Å². The molecule has 0 spiro atoms. The molecule has 4 heteroatoms. The van der Waals surface area contributed by atoms with Crippen molar-refractivity contribution in [3.63, 3.8) is 0 Å². The molecule has 1 fully saturated rings. The fraction of sp³-hybridized carbons (Fsp3) is 0.556. The summed E-state index contributed by atoms with van der Waals surface area (Å²) in [5, 5.41) is 0. The first-order chi connectivity index (χ1) is 5.79. The zero-order valence-electron chi connectivity index (χ0n) is 7.66. The lowest BCUT2D eigenvalue weighted by molar-refractivity contribution is 0.237. The minimum atomic E-state index is 0. The van der Waals surface area contributed by atoms with Crippen molar-refractivity contribution in [3.05, 3.63) is 25.3 Å². The van der Waals surface area contributed by atoms with E-state index in [1.54, 1.807) is 0 Å². The molecule has 1 heterocycles. The second-order valence-electron chi connectivity index (χ2n) is 2.88. The topological polar surface area (TPSA) is 6.48 Å². The van der Waals surface area contributed by atoms with Gasteiger partial charge in [0.2, 0.25) is 0 Å². The summed E-state index contributed by atoms with van der Waals surface area (Å²) >= 11 is 6.16. The average Bonchev–Trinajstić information content (AvgIpc) is 2.38. The molecule has 0 atom stereocenters. The third kappa shape index (κ3) is 3.31. The molecular formula is C9H16Cl2N2. The normalized spacial score (nSPS) is 19.8. The summed E-state index contributed by atoms with van der Waals surface area (Å²) in [5.41, 5.74) is 0.0148. The third-order valence-corrected chi connectivity index (χ3v) is 2.56. The Morgan fingerprint density at radius 2 is 1.54 bits per heavy atom. The fourth-order valence-corrected chi connectivity index (χ4v) is 1.74. The van der Waals surface area contributed by atoms with E-state index in [-0.39, 0.29) is 18.0 Å². The van der Waals surface area contributed by atoms with Crippen LogP contribution in [0.1, 0.15) is 0 Å². The highest BCUT2D eigenvalue weighted by Crippen LogP contribution is 2.17. The fourth-order valence-electron chi connectivity index (χ4n) is 1.39. The smallest absolute Gasteiger partial charge is 0.140 e. The van der Waals surface area contributed by atoms with Gasteiger partial charge in [-0.05, 0) is 0 Å². The van der Waals surface area contributed by atoms with Crippen LogP contribution < -0.4 is 0 Å². The zero-order valence-corrected chi connectivity index (χ0v) is 9.23. The molecule has 0 unspecified atom stereocenters. The summed E-state index contributed by atoms with van der Waals surface area (Å²) in [6.07, 6.45) is 3.76. The van der Waals surface area contributed by atoms with E-state index in [4.69, 9.17) is 11.6 Å². The van der Waals surface area contributed by atoms with Crippen LogP contribution in [0.5, 0.6) is 0 Å². The maximum absolute atomic E-state index is 6.16. The minimum absolute atomic E-state index is 0. The Balaban J connectivity index is 0.00000144. The molecule has 1 saturated heterocycles. The molecule has 76 valence electrons. The molecule has 0 aliphatic carbocycles. The second-order valence-corrected chi connectivity index (χ2v) is 3.27. The van der Waals surface area contributed by atoms with Gasteiger partial charge in [0.15, 0.2) is 0 Å². The number of halogens is 2. The molecule has 0 aromatic heterocycles. The largest absolute Gasteiger partial charge is 0.270 e. The van der Waals surface area contributed by atoms with Crippen molar-refractivity contribution >= 4 is 24.0 Å². The van der Waals surface area contributed by atoms with E-state index in [0.717, 1.165) is 26.2 Å². The highest BCUT2D eigenvalue weighted by Gasteiger charge is 2.27. The quantitative estimate of drug-likeness (QED) is 0.408. The van der Waals surface area contributed by atoms with Crippen LogP contribution in [0.2, 0.25) is 0 Å². The molecule has 1 aliphatic rings. The van der Waals surface area contributed by atoms with Crippen LogP contribution in [0.3, 0.4) is 0 Å². The van der Waals surface area contributed by atoms with Crippen molar-refractivity contribution in [2.45, 2.75) is 5.62 Å². The number of alkyl halides is 1. The van der Waals surface area contributed by atoms with E-state index in [1.165, 1.54) is 0 Å². The first kappa shape index (κ1) is 13.0. The van der Waals surface area contributed by atoms with Gasteiger partial charge in [-0.3, -0.25) is 9.80 Å². The number of nitrogens with zero attached hydrogens (tertiary/aromatic N) is 2. The van der Waals surface area contributed by atoms with E-state index in [2.05, 4.69) is 23.0 Å². The molecule has 0 radical (unpaired) electrons. The molecule has 0 aromatic carbocycles.